The van der Waals surface area contributed by atoms with E-state index in [-0.39, 0.29) is 6.61 Å². The summed E-state index contributed by atoms with van der Waals surface area (Å²) < 4.78 is 0. The molecule has 0 atom stereocenters. The van der Waals surface area contributed by atoms with E-state index < -0.39 is 0 Å². The number of thiazole rings is 1. The van der Waals surface area contributed by atoms with Crippen LogP contribution in [0.1, 0.15) is 48.7 Å². The van der Waals surface area contributed by atoms with Crippen molar-refractivity contribution in [2.45, 2.75) is 45.5 Å². The van der Waals surface area contributed by atoms with E-state index in [1.54, 1.807) is 11.3 Å². The van der Waals surface area contributed by atoms with Crippen LogP contribution in [0.15, 0.2) is 0 Å². The summed E-state index contributed by atoms with van der Waals surface area (Å²) in [5.74, 6) is 2.58. The molecule has 0 aliphatic carbocycles. The SMILES string of the molecule is CCCSCc1nc(C(C)C)c(CO)s1. The Morgan fingerprint density at radius 2 is 2.20 bits per heavy atom. The molecule has 0 unspecified atom stereocenters. The Balaban J connectivity index is 2.65. The van der Waals surface area contributed by atoms with Crippen molar-refractivity contribution >= 4 is 23.1 Å². The summed E-state index contributed by atoms with van der Waals surface area (Å²) in [6, 6.07) is 0. The maximum Gasteiger partial charge on any atom is 0.103 e. The van der Waals surface area contributed by atoms with Crippen molar-refractivity contribution in [2.75, 3.05) is 5.75 Å². The van der Waals surface area contributed by atoms with Crippen LogP contribution in [-0.4, -0.2) is 15.8 Å². The van der Waals surface area contributed by atoms with Gasteiger partial charge in [-0.1, -0.05) is 20.8 Å². The fourth-order valence-electron chi connectivity index (χ4n) is 1.34. The average Bonchev–Trinajstić information content (AvgIpc) is 2.62. The molecule has 0 saturated heterocycles. The van der Waals surface area contributed by atoms with Crippen molar-refractivity contribution in [3.05, 3.63) is 15.6 Å². The van der Waals surface area contributed by atoms with Crippen molar-refractivity contribution < 1.29 is 5.11 Å². The monoisotopic (exact) mass is 245 g/mol. The molecular weight excluding hydrogens is 226 g/mol. The standard InChI is InChI=1S/C11H19NOS2/c1-4-5-14-7-10-12-11(8(2)3)9(6-13)15-10/h8,13H,4-7H2,1-3H3. The Bertz CT molecular complexity index is 297. The minimum atomic E-state index is 0.129. The summed E-state index contributed by atoms with van der Waals surface area (Å²) in [6.07, 6.45) is 1.21. The first-order valence-electron chi connectivity index (χ1n) is 5.36. The van der Waals surface area contributed by atoms with E-state index in [0.717, 1.165) is 21.3 Å². The van der Waals surface area contributed by atoms with Crippen LogP contribution >= 0.6 is 23.1 Å². The summed E-state index contributed by atoms with van der Waals surface area (Å²) in [4.78, 5) is 5.63. The highest BCUT2D eigenvalue weighted by atomic mass is 32.2. The first-order valence-corrected chi connectivity index (χ1v) is 7.33. The van der Waals surface area contributed by atoms with Crippen LogP contribution in [0.3, 0.4) is 0 Å². The number of hydrogen-bond acceptors (Lipinski definition) is 4. The second-order valence-electron chi connectivity index (χ2n) is 3.78. The first kappa shape index (κ1) is 13.0. The normalized spacial score (nSPS) is 11.3. The second kappa shape index (κ2) is 6.51. The molecule has 0 radical (unpaired) electrons. The molecule has 1 rings (SSSR count). The van der Waals surface area contributed by atoms with Gasteiger partial charge >= 0.3 is 0 Å². The predicted octanol–water partition coefficient (Wildman–Crippen LogP) is 3.40. The van der Waals surface area contributed by atoms with E-state index in [2.05, 4.69) is 25.8 Å². The summed E-state index contributed by atoms with van der Waals surface area (Å²) >= 11 is 3.57. The zero-order valence-electron chi connectivity index (χ0n) is 9.62. The minimum absolute atomic E-state index is 0.129. The van der Waals surface area contributed by atoms with E-state index in [4.69, 9.17) is 0 Å². The van der Waals surface area contributed by atoms with Crippen molar-refractivity contribution in [2.24, 2.45) is 0 Å². The van der Waals surface area contributed by atoms with Gasteiger partial charge in [0.15, 0.2) is 0 Å². The summed E-state index contributed by atoms with van der Waals surface area (Å²) in [5.41, 5.74) is 1.08. The molecule has 0 aromatic carbocycles. The molecule has 0 bridgehead atoms. The van der Waals surface area contributed by atoms with E-state index >= 15 is 0 Å². The van der Waals surface area contributed by atoms with Crippen molar-refractivity contribution in [1.82, 2.24) is 4.98 Å². The Morgan fingerprint density at radius 3 is 2.67 bits per heavy atom. The molecule has 0 aliphatic heterocycles. The van der Waals surface area contributed by atoms with Gasteiger partial charge in [0.05, 0.1) is 17.2 Å². The van der Waals surface area contributed by atoms with Gasteiger partial charge in [0, 0.05) is 5.75 Å². The highest BCUT2D eigenvalue weighted by Crippen LogP contribution is 2.27. The van der Waals surface area contributed by atoms with E-state index in [1.807, 2.05) is 11.8 Å². The van der Waals surface area contributed by atoms with Crippen LogP contribution in [0, 0.1) is 0 Å². The Labute approximate surface area is 100 Å². The Morgan fingerprint density at radius 1 is 1.47 bits per heavy atom. The molecule has 0 fully saturated rings. The van der Waals surface area contributed by atoms with Crippen molar-refractivity contribution in [3.8, 4) is 0 Å². The number of aromatic nitrogens is 1. The highest BCUT2D eigenvalue weighted by molar-refractivity contribution is 7.98. The molecule has 1 aromatic heterocycles. The van der Waals surface area contributed by atoms with Gasteiger partial charge in [0.1, 0.15) is 5.01 Å². The number of aliphatic hydroxyl groups excluding tert-OH is 1. The molecule has 15 heavy (non-hydrogen) atoms. The fraction of sp³-hybridized carbons (Fsp3) is 0.727. The third-order valence-corrected chi connectivity index (χ3v) is 4.45. The van der Waals surface area contributed by atoms with Gasteiger partial charge in [-0.05, 0) is 18.1 Å². The highest BCUT2D eigenvalue weighted by Gasteiger charge is 2.12. The molecule has 0 amide bonds. The van der Waals surface area contributed by atoms with Gasteiger partial charge in [0.25, 0.3) is 0 Å². The van der Waals surface area contributed by atoms with E-state index in [9.17, 15) is 5.11 Å². The Hall–Kier alpha value is -0.0600. The van der Waals surface area contributed by atoms with Crippen LogP contribution in [-0.2, 0) is 12.4 Å². The van der Waals surface area contributed by atoms with Crippen LogP contribution in [0.2, 0.25) is 0 Å². The van der Waals surface area contributed by atoms with Gasteiger partial charge in [-0.25, -0.2) is 4.98 Å². The molecule has 0 saturated carbocycles. The molecule has 1 heterocycles. The summed E-state index contributed by atoms with van der Waals surface area (Å²) in [6.45, 7) is 6.56. The lowest BCUT2D eigenvalue weighted by atomic mass is 10.1. The first-order chi connectivity index (χ1) is 7.19. The van der Waals surface area contributed by atoms with Crippen molar-refractivity contribution in [1.29, 1.82) is 0 Å². The van der Waals surface area contributed by atoms with Gasteiger partial charge in [-0.3, -0.25) is 0 Å². The van der Waals surface area contributed by atoms with E-state index in [0.29, 0.717) is 5.92 Å². The molecule has 4 heteroatoms. The van der Waals surface area contributed by atoms with Crippen LogP contribution in [0.5, 0.6) is 0 Å². The molecule has 1 aromatic rings. The van der Waals surface area contributed by atoms with Crippen LogP contribution in [0.4, 0.5) is 0 Å². The van der Waals surface area contributed by atoms with Gasteiger partial charge in [-0.15, -0.1) is 11.3 Å². The lowest BCUT2D eigenvalue weighted by Gasteiger charge is -2.01. The average molecular weight is 245 g/mol. The molecule has 0 spiro atoms. The number of hydrogen-bond donors (Lipinski definition) is 1. The number of aliphatic hydroxyl groups is 1. The number of rotatable bonds is 6. The smallest absolute Gasteiger partial charge is 0.103 e. The molecule has 86 valence electrons. The van der Waals surface area contributed by atoms with Gasteiger partial charge < -0.3 is 5.11 Å². The van der Waals surface area contributed by atoms with Gasteiger partial charge in [0.2, 0.25) is 0 Å². The predicted molar refractivity (Wildman–Crippen MR) is 68.6 cm³/mol. The van der Waals surface area contributed by atoms with Crippen LogP contribution < -0.4 is 0 Å². The summed E-state index contributed by atoms with van der Waals surface area (Å²) in [7, 11) is 0. The van der Waals surface area contributed by atoms with Gasteiger partial charge in [-0.2, -0.15) is 11.8 Å². The zero-order valence-corrected chi connectivity index (χ0v) is 11.2. The molecule has 2 nitrogen and oxygen atoms in total. The topological polar surface area (TPSA) is 33.1 Å². The zero-order chi connectivity index (χ0) is 11.3. The third kappa shape index (κ3) is 3.78. The maximum absolute atomic E-state index is 9.22. The second-order valence-corrected chi connectivity index (χ2v) is 6.05. The lowest BCUT2D eigenvalue weighted by molar-refractivity contribution is 0.283. The Kier molecular flexibility index (Phi) is 5.64. The number of nitrogens with zero attached hydrogens (tertiary/aromatic N) is 1. The largest absolute Gasteiger partial charge is 0.391 e. The molecule has 1 N–H and O–H groups in total. The van der Waals surface area contributed by atoms with Crippen molar-refractivity contribution in [3.63, 3.8) is 0 Å². The maximum atomic E-state index is 9.22. The summed E-state index contributed by atoms with van der Waals surface area (Å²) in [5, 5.41) is 10.4. The molecular formula is C11H19NOS2. The third-order valence-electron chi connectivity index (χ3n) is 2.04. The fourth-order valence-corrected chi connectivity index (χ4v) is 3.38. The van der Waals surface area contributed by atoms with Crippen LogP contribution in [0.25, 0.3) is 0 Å². The quantitative estimate of drug-likeness (QED) is 0.780. The molecule has 0 aliphatic rings. The number of thioether (sulfide) groups is 1. The minimum Gasteiger partial charge on any atom is -0.391 e. The van der Waals surface area contributed by atoms with E-state index in [1.165, 1.54) is 12.2 Å². The lowest BCUT2D eigenvalue weighted by Crippen LogP contribution is -1.93.